The molecule has 1 heterocycles. The summed E-state index contributed by atoms with van der Waals surface area (Å²) in [7, 11) is 0. The van der Waals surface area contributed by atoms with E-state index in [0.717, 1.165) is 51.6 Å². The summed E-state index contributed by atoms with van der Waals surface area (Å²) in [5, 5.41) is 3.81. The average molecular weight is 646 g/mol. The number of ether oxygens (including phenoxy) is 2. The van der Waals surface area contributed by atoms with Crippen molar-refractivity contribution < 1.29 is 19.1 Å². The third-order valence-corrected chi connectivity index (χ3v) is 8.18. The quantitative estimate of drug-likeness (QED) is 0.203. The van der Waals surface area contributed by atoms with Crippen LogP contribution in [0.25, 0.3) is 0 Å². The number of hydrogen-bond acceptors (Lipinski definition) is 6. The highest BCUT2D eigenvalue weighted by Crippen LogP contribution is 2.40. The van der Waals surface area contributed by atoms with Gasteiger partial charge in [0.05, 0.1) is 15.7 Å². The fourth-order valence-electron chi connectivity index (χ4n) is 4.49. The maximum atomic E-state index is 13.6. The van der Waals surface area contributed by atoms with E-state index in [0.29, 0.717) is 28.7 Å². The molecule has 4 rings (SSSR count). The first-order chi connectivity index (χ1) is 18.4. The van der Waals surface area contributed by atoms with Gasteiger partial charge < -0.3 is 20.5 Å². The number of hydrogen-bond donors (Lipinski definition) is 2. The zero-order valence-electron chi connectivity index (χ0n) is 21.6. The fraction of sp³-hybridized carbons (Fsp3) is 0.345. The van der Waals surface area contributed by atoms with Gasteiger partial charge in [0.1, 0.15) is 5.00 Å². The molecule has 2 aromatic carbocycles. The number of aliphatic imine (C=N–C) groups is 1. The summed E-state index contributed by atoms with van der Waals surface area (Å²) in [6.45, 7) is 4.09. The van der Waals surface area contributed by atoms with Crippen molar-refractivity contribution in [2.75, 3.05) is 18.5 Å². The molecular weight excluding hydrogens is 613 g/mol. The van der Waals surface area contributed by atoms with Crippen molar-refractivity contribution in [1.29, 1.82) is 0 Å². The molecule has 7 nitrogen and oxygen atoms in total. The maximum absolute atomic E-state index is 13.6. The number of thiophene rings is 1. The highest BCUT2D eigenvalue weighted by atomic mass is 127. The Morgan fingerprint density at radius 2 is 1.92 bits per heavy atom. The van der Waals surface area contributed by atoms with Crippen LogP contribution in [0.15, 0.2) is 41.4 Å². The lowest BCUT2D eigenvalue weighted by molar-refractivity contribution is -0.120. The average Bonchev–Trinajstić information content (AvgIpc) is 3.18. The van der Waals surface area contributed by atoms with E-state index in [1.807, 2.05) is 50.2 Å². The van der Waals surface area contributed by atoms with E-state index in [2.05, 4.69) is 27.9 Å². The van der Waals surface area contributed by atoms with Crippen LogP contribution in [0.4, 0.5) is 10.7 Å². The molecule has 0 saturated carbocycles. The van der Waals surface area contributed by atoms with E-state index < -0.39 is 5.91 Å². The number of nitrogens with one attached hydrogen (secondary N) is 1. The van der Waals surface area contributed by atoms with Gasteiger partial charge in [-0.3, -0.25) is 9.59 Å². The van der Waals surface area contributed by atoms with E-state index in [-0.39, 0.29) is 12.5 Å². The Labute approximate surface area is 241 Å². The van der Waals surface area contributed by atoms with Crippen LogP contribution in [0.1, 0.15) is 64.5 Å². The van der Waals surface area contributed by atoms with Gasteiger partial charge in [0.25, 0.3) is 11.8 Å². The lowest BCUT2D eigenvalue weighted by Gasteiger charge is -2.13. The number of anilines is 1. The first-order valence-corrected chi connectivity index (χ1v) is 14.7. The number of fused-ring (bicyclic) bond motifs is 1. The number of halogens is 1. The molecule has 0 spiro atoms. The Bertz CT molecular complexity index is 1350. The summed E-state index contributed by atoms with van der Waals surface area (Å²) >= 11 is 3.75. The molecule has 0 radical (unpaired) electrons. The minimum absolute atomic E-state index is 0.124. The molecule has 1 aliphatic rings. The normalized spacial score (nSPS) is 13.4. The second-order valence-corrected chi connectivity index (χ2v) is 11.4. The zero-order chi connectivity index (χ0) is 27.1. The van der Waals surface area contributed by atoms with Gasteiger partial charge in [-0.05, 0) is 103 Å². The zero-order valence-corrected chi connectivity index (χ0v) is 24.6. The largest absolute Gasteiger partial charge is 0.490 e. The summed E-state index contributed by atoms with van der Waals surface area (Å²) in [5.41, 5.74) is 9.72. The number of amides is 2. The van der Waals surface area contributed by atoms with Gasteiger partial charge >= 0.3 is 0 Å². The van der Waals surface area contributed by atoms with E-state index in [1.165, 1.54) is 17.7 Å². The van der Waals surface area contributed by atoms with Gasteiger partial charge in [-0.2, -0.15) is 0 Å². The molecule has 0 unspecified atom stereocenters. The predicted molar refractivity (Wildman–Crippen MR) is 162 cm³/mol. The Morgan fingerprint density at radius 3 is 2.66 bits per heavy atom. The SMILES string of the molecule is CCOc1cc(C=Nc2sc3c(c2C(=O)Nc2cccc(C)c2)CCCCCC3)cc(I)c1OCC(N)=O. The van der Waals surface area contributed by atoms with Crippen molar-refractivity contribution in [1.82, 2.24) is 0 Å². The van der Waals surface area contributed by atoms with Crippen molar-refractivity contribution in [3.05, 3.63) is 67.1 Å². The number of nitrogens with zero attached hydrogens (tertiary/aromatic N) is 1. The minimum atomic E-state index is -0.557. The van der Waals surface area contributed by atoms with Crippen LogP contribution in [-0.4, -0.2) is 31.2 Å². The van der Waals surface area contributed by atoms with Gasteiger partial charge in [0.15, 0.2) is 18.1 Å². The number of aryl methyl sites for hydroxylation is 2. The molecule has 3 aromatic rings. The molecule has 9 heteroatoms. The number of primary amides is 1. The molecule has 0 atom stereocenters. The topological polar surface area (TPSA) is 103 Å². The number of carbonyl (C=O) groups is 2. The third kappa shape index (κ3) is 7.13. The summed E-state index contributed by atoms with van der Waals surface area (Å²) in [6, 6.07) is 11.5. The van der Waals surface area contributed by atoms with E-state index >= 15 is 0 Å². The van der Waals surface area contributed by atoms with Crippen molar-refractivity contribution in [3.8, 4) is 11.5 Å². The van der Waals surface area contributed by atoms with Gasteiger partial charge in [-0.15, -0.1) is 11.3 Å². The number of benzene rings is 2. The summed E-state index contributed by atoms with van der Waals surface area (Å²) in [5.74, 6) is 0.304. The van der Waals surface area contributed by atoms with Crippen molar-refractivity contribution in [2.45, 2.75) is 52.4 Å². The van der Waals surface area contributed by atoms with Crippen LogP contribution in [0, 0.1) is 10.5 Å². The van der Waals surface area contributed by atoms with E-state index in [4.69, 9.17) is 20.2 Å². The van der Waals surface area contributed by atoms with E-state index in [9.17, 15) is 9.59 Å². The van der Waals surface area contributed by atoms with Crippen molar-refractivity contribution in [2.24, 2.45) is 10.7 Å². The van der Waals surface area contributed by atoms with Crippen LogP contribution in [0.5, 0.6) is 11.5 Å². The Morgan fingerprint density at radius 1 is 1.13 bits per heavy atom. The van der Waals surface area contributed by atoms with Gasteiger partial charge in [-0.25, -0.2) is 4.99 Å². The molecule has 2 amide bonds. The highest BCUT2D eigenvalue weighted by Gasteiger charge is 2.24. The summed E-state index contributed by atoms with van der Waals surface area (Å²) < 4.78 is 12.1. The smallest absolute Gasteiger partial charge is 0.259 e. The minimum Gasteiger partial charge on any atom is -0.490 e. The fourth-order valence-corrected chi connectivity index (χ4v) is 6.50. The predicted octanol–water partition coefficient (Wildman–Crippen LogP) is 6.59. The molecular formula is C29H32IN3O4S. The van der Waals surface area contributed by atoms with Crippen LogP contribution in [-0.2, 0) is 17.6 Å². The molecule has 0 aliphatic heterocycles. The standard InChI is InChI=1S/C29H32IN3O4S/c1-3-36-23-15-19(14-22(30)27(23)37-17-25(31)34)16-32-29-26(21-11-6-4-5-7-12-24(21)38-29)28(35)33-20-10-8-9-18(2)13-20/h8-10,13-16H,3-7,11-12,17H2,1-2H3,(H2,31,34)(H,33,35). The van der Waals surface area contributed by atoms with Gasteiger partial charge in [-0.1, -0.05) is 25.0 Å². The van der Waals surface area contributed by atoms with Crippen LogP contribution in [0.2, 0.25) is 0 Å². The van der Waals surface area contributed by atoms with Crippen LogP contribution in [0.3, 0.4) is 0 Å². The molecule has 38 heavy (non-hydrogen) atoms. The van der Waals surface area contributed by atoms with Crippen molar-refractivity contribution in [3.63, 3.8) is 0 Å². The molecule has 0 saturated heterocycles. The Hall–Kier alpha value is -2.92. The Kier molecular flexibility index (Phi) is 9.79. The molecule has 1 aliphatic carbocycles. The lowest BCUT2D eigenvalue weighted by atomic mass is 9.96. The number of carbonyl (C=O) groups excluding carboxylic acids is 2. The maximum Gasteiger partial charge on any atom is 0.259 e. The van der Waals surface area contributed by atoms with Crippen LogP contribution < -0.4 is 20.5 Å². The summed E-state index contributed by atoms with van der Waals surface area (Å²) in [4.78, 5) is 30.9. The lowest BCUT2D eigenvalue weighted by Crippen LogP contribution is -2.20. The first kappa shape index (κ1) is 28.1. The monoisotopic (exact) mass is 645 g/mol. The second-order valence-electron chi connectivity index (χ2n) is 9.20. The molecule has 3 N–H and O–H groups in total. The molecule has 0 fully saturated rings. The summed E-state index contributed by atoms with van der Waals surface area (Å²) in [6.07, 6.45) is 8.19. The number of nitrogens with two attached hydrogens (primary N) is 1. The Balaban J connectivity index is 1.69. The second kappa shape index (κ2) is 13.2. The van der Waals surface area contributed by atoms with Crippen LogP contribution >= 0.6 is 33.9 Å². The molecule has 0 bridgehead atoms. The highest BCUT2D eigenvalue weighted by molar-refractivity contribution is 14.1. The molecule has 1 aromatic heterocycles. The van der Waals surface area contributed by atoms with Gasteiger partial charge in [0.2, 0.25) is 0 Å². The number of rotatable bonds is 9. The third-order valence-electron chi connectivity index (χ3n) is 6.18. The van der Waals surface area contributed by atoms with Crippen molar-refractivity contribution >= 4 is 62.6 Å². The first-order valence-electron chi connectivity index (χ1n) is 12.8. The molecule has 200 valence electrons. The van der Waals surface area contributed by atoms with E-state index in [1.54, 1.807) is 17.6 Å². The van der Waals surface area contributed by atoms with Gasteiger partial charge in [0, 0.05) is 16.8 Å².